The van der Waals surface area contributed by atoms with Crippen LogP contribution in [0.15, 0.2) is 78.1 Å². The van der Waals surface area contributed by atoms with Gasteiger partial charge in [0, 0.05) is 40.5 Å². The number of carbonyl (C=O) groups is 1. The number of hydrogen-bond donors (Lipinski definition) is 2. The summed E-state index contributed by atoms with van der Waals surface area (Å²) in [5.41, 5.74) is 3.77. The molecule has 182 valence electrons. The second kappa shape index (κ2) is 9.96. The van der Waals surface area contributed by atoms with Gasteiger partial charge in [0.1, 0.15) is 6.07 Å². The van der Waals surface area contributed by atoms with Crippen LogP contribution in [0.5, 0.6) is 0 Å². The van der Waals surface area contributed by atoms with Gasteiger partial charge in [0.15, 0.2) is 11.0 Å². The van der Waals surface area contributed by atoms with Crippen LogP contribution in [0.25, 0.3) is 28.0 Å². The molecule has 0 aliphatic heterocycles. The van der Waals surface area contributed by atoms with Crippen molar-refractivity contribution in [2.45, 2.75) is 12.1 Å². The molecular formula is C26H19N7O3S. The second-order valence-corrected chi connectivity index (χ2v) is 9.11. The number of thioether (sulfide) groups is 1. The summed E-state index contributed by atoms with van der Waals surface area (Å²) >= 11 is 1.20. The van der Waals surface area contributed by atoms with Crippen molar-refractivity contribution in [2.24, 2.45) is 0 Å². The molecule has 11 heteroatoms. The van der Waals surface area contributed by atoms with Crippen LogP contribution in [0.3, 0.4) is 0 Å². The number of nitro groups is 1. The minimum absolute atomic E-state index is 0.0112. The summed E-state index contributed by atoms with van der Waals surface area (Å²) in [6.45, 7) is 2.00. The largest absolute Gasteiger partial charge is 0.360 e. The third-order valence-electron chi connectivity index (χ3n) is 5.66. The molecular weight excluding hydrogens is 490 g/mol. The molecule has 10 nitrogen and oxygen atoms in total. The fourth-order valence-electron chi connectivity index (χ4n) is 3.96. The molecule has 0 saturated heterocycles. The molecule has 0 bridgehead atoms. The molecule has 0 aliphatic carbocycles. The summed E-state index contributed by atoms with van der Waals surface area (Å²) in [5.74, 6) is 0.232. The van der Waals surface area contributed by atoms with Crippen molar-refractivity contribution in [2.75, 3.05) is 11.1 Å². The zero-order valence-electron chi connectivity index (χ0n) is 19.5. The van der Waals surface area contributed by atoms with E-state index in [9.17, 15) is 20.2 Å². The van der Waals surface area contributed by atoms with E-state index < -0.39 is 4.92 Å². The molecule has 0 spiro atoms. The lowest BCUT2D eigenvalue weighted by Gasteiger charge is -2.11. The number of fused-ring (bicyclic) bond motifs is 1. The Morgan fingerprint density at radius 3 is 2.78 bits per heavy atom. The molecule has 3 aromatic carbocycles. The molecule has 0 atom stereocenters. The number of hydrogen-bond acceptors (Lipinski definition) is 7. The number of nitro benzene ring substituents is 1. The average Bonchev–Trinajstić information content (AvgIpc) is 3.51. The number of aryl methyl sites for hydroxylation is 1. The minimum atomic E-state index is -0.592. The number of nitrogens with zero attached hydrogens (tertiary/aromatic N) is 5. The Labute approximate surface area is 215 Å². The number of carbonyl (C=O) groups excluding carboxylic acids is 1. The topological polar surface area (TPSA) is 143 Å². The van der Waals surface area contributed by atoms with E-state index in [0.29, 0.717) is 11.0 Å². The average molecular weight is 510 g/mol. The highest BCUT2D eigenvalue weighted by Gasteiger charge is 2.20. The molecule has 5 rings (SSSR count). The van der Waals surface area contributed by atoms with Crippen LogP contribution in [-0.4, -0.2) is 36.3 Å². The number of aromatic nitrogens is 4. The first kappa shape index (κ1) is 23.8. The molecule has 37 heavy (non-hydrogen) atoms. The lowest BCUT2D eigenvalue weighted by Crippen LogP contribution is -2.15. The van der Waals surface area contributed by atoms with E-state index in [1.54, 1.807) is 0 Å². The number of anilines is 1. The third-order valence-corrected chi connectivity index (χ3v) is 6.59. The van der Waals surface area contributed by atoms with Crippen molar-refractivity contribution in [3.05, 3.63) is 94.2 Å². The Balaban J connectivity index is 1.44. The SMILES string of the molecule is Cc1cccc(-n2c(SCC(=O)Nc3ccc([N+](=O)[O-])cc3C#N)nnc2-c2c[nH]c3ccccc23)c1. The maximum absolute atomic E-state index is 12.7. The summed E-state index contributed by atoms with van der Waals surface area (Å²) in [4.78, 5) is 26.4. The van der Waals surface area contributed by atoms with Crippen LogP contribution >= 0.6 is 11.8 Å². The Morgan fingerprint density at radius 2 is 2.00 bits per heavy atom. The van der Waals surface area contributed by atoms with Gasteiger partial charge >= 0.3 is 0 Å². The summed E-state index contributed by atoms with van der Waals surface area (Å²) in [6, 6.07) is 21.4. The van der Waals surface area contributed by atoms with E-state index in [2.05, 4.69) is 20.5 Å². The molecule has 0 fully saturated rings. The third kappa shape index (κ3) is 4.78. The number of nitrogens with one attached hydrogen (secondary N) is 2. The van der Waals surface area contributed by atoms with Crippen molar-refractivity contribution < 1.29 is 9.72 Å². The molecule has 0 saturated carbocycles. The Morgan fingerprint density at radius 1 is 1.16 bits per heavy atom. The summed E-state index contributed by atoms with van der Waals surface area (Å²) in [5, 5.41) is 33.3. The molecule has 5 aromatic rings. The van der Waals surface area contributed by atoms with Crippen LogP contribution in [0.1, 0.15) is 11.1 Å². The van der Waals surface area contributed by atoms with E-state index in [1.165, 1.54) is 23.9 Å². The number of nitriles is 1. The van der Waals surface area contributed by atoms with Gasteiger partial charge in [-0.15, -0.1) is 10.2 Å². The highest BCUT2D eigenvalue weighted by molar-refractivity contribution is 7.99. The molecule has 0 aliphatic rings. The van der Waals surface area contributed by atoms with Gasteiger partial charge in [-0.2, -0.15) is 5.26 Å². The van der Waals surface area contributed by atoms with Crippen molar-refractivity contribution >= 4 is 39.9 Å². The van der Waals surface area contributed by atoms with Gasteiger partial charge in [-0.25, -0.2) is 0 Å². The lowest BCUT2D eigenvalue weighted by molar-refractivity contribution is -0.384. The zero-order chi connectivity index (χ0) is 25.9. The maximum atomic E-state index is 12.7. The number of H-pyrrole nitrogens is 1. The Hall–Kier alpha value is -4.95. The number of rotatable bonds is 7. The highest BCUT2D eigenvalue weighted by Crippen LogP contribution is 2.32. The van der Waals surface area contributed by atoms with Gasteiger partial charge < -0.3 is 10.3 Å². The Kier molecular flexibility index (Phi) is 6.40. The number of aromatic amines is 1. The molecule has 0 unspecified atom stereocenters. The first-order chi connectivity index (χ1) is 17.9. The van der Waals surface area contributed by atoms with Crippen molar-refractivity contribution in [1.29, 1.82) is 5.26 Å². The van der Waals surface area contributed by atoms with Crippen molar-refractivity contribution in [3.63, 3.8) is 0 Å². The van der Waals surface area contributed by atoms with Gasteiger partial charge in [-0.05, 0) is 36.8 Å². The van der Waals surface area contributed by atoms with Crippen LogP contribution < -0.4 is 5.32 Å². The van der Waals surface area contributed by atoms with Gasteiger partial charge in [0.2, 0.25) is 5.91 Å². The number of amides is 1. The van der Waals surface area contributed by atoms with Crippen LogP contribution in [0.2, 0.25) is 0 Å². The molecule has 2 heterocycles. The zero-order valence-corrected chi connectivity index (χ0v) is 20.3. The van der Waals surface area contributed by atoms with E-state index in [4.69, 9.17) is 0 Å². The summed E-state index contributed by atoms with van der Waals surface area (Å²) < 4.78 is 1.91. The monoisotopic (exact) mass is 509 g/mol. The van der Waals surface area contributed by atoms with Gasteiger partial charge in [-0.3, -0.25) is 19.5 Å². The van der Waals surface area contributed by atoms with Crippen LogP contribution in [-0.2, 0) is 4.79 Å². The molecule has 2 aromatic heterocycles. The first-order valence-electron chi connectivity index (χ1n) is 11.1. The van der Waals surface area contributed by atoms with Gasteiger partial charge in [0.05, 0.1) is 21.9 Å². The minimum Gasteiger partial charge on any atom is -0.360 e. The predicted molar refractivity (Wildman–Crippen MR) is 141 cm³/mol. The number of benzene rings is 3. The summed E-state index contributed by atoms with van der Waals surface area (Å²) in [6.07, 6.45) is 1.89. The quantitative estimate of drug-likeness (QED) is 0.174. The van der Waals surface area contributed by atoms with Crippen molar-refractivity contribution in [3.8, 4) is 23.1 Å². The van der Waals surface area contributed by atoms with Crippen LogP contribution in [0.4, 0.5) is 11.4 Å². The summed E-state index contributed by atoms with van der Waals surface area (Å²) in [7, 11) is 0. The van der Waals surface area contributed by atoms with E-state index >= 15 is 0 Å². The molecule has 1 amide bonds. The fraction of sp³-hybridized carbons (Fsp3) is 0.0769. The predicted octanol–water partition coefficient (Wildman–Crippen LogP) is 5.23. The first-order valence-corrected chi connectivity index (χ1v) is 12.1. The van der Waals surface area contributed by atoms with E-state index in [1.807, 2.05) is 72.3 Å². The molecule has 2 N–H and O–H groups in total. The second-order valence-electron chi connectivity index (χ2n) is 8.16. The Bertz CT molecular complexity index is 1700. The van der Waals surface area contributed by atoms with Crippen molar-refractivity contribution in [1.82, 2.24) is 19.7 Å². The van der Waals surface area contributed by atoms with Gasteiger partial charge in [0.25, 0.3) is 5.69 Å². The molecule has 0 radical (unpaired) electrons. The smallest absolute Gasteiger partial charge is 0.270 e. The maximum Gasteiger partial charge on any atom is 0.270 e. The number of non-ortho nitro benzene ring substituents is 1. The standard InChI is InChI=1S/C26H19N7O3S/c1-16-5-4-6-18(11-16)32-25(21-14-28-23-8-3-2-7-20(21)23)30-31-26(32)37-15-24(34)29-22-10-9-19(33(35)36)12-17(22)13-27/h2-12,14,28H,15H2,1H3,(H,29,34). The number of para-hydroxylation sites is 1. The lowest BCUT2D eigenvalue weighted by atomic mass is 10.1. The van der Waals surface area contributed by atoms with Gasteiger partial charge in [-0.1, -0.05) is 42.1 Å². The van der Waals surface area contributed by atoms with E-state index in [0.717, 1.165) is 33.8 Å². The van der Waals surface area contributed by atoms with Crippen LogP contribution in [0, 0.1) is 28.4 Å². The normalized spacial score (nSPS) is 10.8. The van der Waals surface area contributed by atoms with E-state index in [-0.39, 0.29) is 28.6 Å². The fourth-order valence-corrected chi connectivity index (χ4v) is 4.71. The highest BCUT2D eigenvalue weighted by atomic mass is 32.2.